The number of aryl methyl sites for hydroxylation is 1. The molecule has 1 aromatic heterocycles. The van der Waals surface area contributed by atoms with Gasteiger partial charge in [0.25, 0.3) is 5.91 Å². The van der Waals surface area contributed by atoms with Crippen molar-refractivity contribution in [3.8, 4) is 0 Å². The van der Waals surface area contributed by atoms with E-state index in [-0.39, 0.29) is 23.5 Å². The fourth-order valence-electron chi connectivity index (χ4n) is 3.47. The van der Waals surface area contributed by atoms with Gasteiger partial charge in [0.15, 0.2) is 16.4 Å². The van der Waals surface area contributed by atoms with Crippen LogP contribution in [0, 0.1) is 6.92 Å². The van der Waals surface area contributed by atoms with Gasteiger partial charge < -0.3 is 9.64 Å². The van der Waals surface area contributed by atoms with Gasteiger partial charge >= 0.3 is 5.97 Å². The maximum atomic E-state index is 12.7. The second-order valence-electron chi connectivity index (χ2n) is 7.74. The lowest BCUT2D eigenvalue weighted by molar-refractivity contribution is -0.136. The van der Waals surface area contributed by atoms with E-state index >= 15 is 0 Å². The Morgan fingerprint density at radius 2 is 2.03 bits per heavy atom. The Bertz CT molecular complexity index is 1030. The minimum Gasteiger partial charge on any atom is -0.452 e. The summed E-state index contributed by atoms with van der Waals surface area (Å²) >= 11 is 3.25. The number of aromatic nitrogens is 1. The van der Waals surface area contributed by atoms with Crippen LogP contribution in [0.15, 0.2) is 34.5 Å². The molecule has 2 aromatic rings. The van der Waals surface area contributed by atoms with Crippen molar-refractivity contribution in [3.63, 3.8) is 0 Å². The van der Waals surface area contributed by atoms with Gasteiger partial charge in [0, 0.05) is 28.6 Å². The first kappa shape index (κ1) is 24.7. The molecule has 0 spiro atoms. The summed E-state index contributed by atoms with van der Waals surface area (Å²) < 4.78 is 28.9. The highest BCUT2D eigenvalue weighted by atomic mass is 32.2. The standard InChI is InChI=1S/C22H28N2O5S3/c1-3-4-10-24(19-9-11-32(27,28)15-19)21(25)12-29-22(26)17-5-7-20(8-6-17)31-14-18-13-30-16(2)23-18/h5-8,13,19H,3-4,9-12,14-15H2,1-2H3. The van der Waals surface area contributed by atoms with Crippen molar-refractivity contribution < 1.29 is 22.7 Å². The van der Waals surface area contributed by atoms with Crippen LogP contribution >= 0.6 is 23.1 Å². The summed E-state index contributed by atoms with van der Waals surface area (Å²) in [7, 11) is -3.11. The van der Waals surface area contributed by atoms with E-state index < -0.39 is 22.4 Å². The second-order valence-corrected chi connectivity index (χ2v) is 12.1. The van der Waals surface area contributed by atoms with Crippen LogP contribution in [-0.2, 0) is 25.1 Å². The molecule has 1 saturated heterocycles. The van der Waals surface area contributed by atoms with E-state index in [4.69, 9.17) is 4.74 Å². The third-order valence-corrected chi connectivity index (χ3v) is 8.81. The molecule has 1 fully saturated rings. The van der Waals surface area contributed by atoms with Crippen molar-refractivity contribution in [2.75, 3.05) is 24.7 Å². The van der Waals surface area contributed by atoms with Crippen molar-refractivity contribution in [1.82, 2.24) is 9.88 Å². The van der Waals surface area contributed by atoms with Crippen molar-refractivity contribution >= 4 is 44.8 Å². The molecular weight excluding hydrogens is 468 g/mol. The summed E-state index contributed by atoms with van der Waals surface area (Å²) in [4.78, 5) is 32.1. The average molecular weight is 497 g/mol. The molecule has 3 rings (SSSR count). The van der Waals surface area contributed by atoms with E-state index in [0.29, 0.717) is 18.5 Å². The smallest absolute Gasteiger partial charge is 0.338 e. The van der Waals surface area contributed by atoms with Crippen LogP contribution in [0.4, 0.5) is 0 Å². The molecule has 0 N–H and O–H groups in total. The highest BCUT2D eigenvalue weighted by Gasteiger charge is 2.34. The van der Waals surface area contributed by atoms with Gasteiger partial charge in [0.2, 0.25) is 0 Å². The molecule has 0 saturated carbocycles. The number of thioether (sulfide) groups is 1. The maximum absolute atomic E-state index is 12.7. The lowest BCUT2D eigenvalue weighted by Crippen LogP contribution is -2.43. The van der Waals surface area contributed by atoms with E-state index in [9.17, 15) is 18.0 Å². The predicted molar refractivity (Wildman–Crippen MR) is 127 cm³/mol. The van der Waals surface area contributed by atoms with Crippen molar-refractivity contribution in [2.45, 2.75) is 49.8 Å². The summed E-state index contributed by atoms with van der Waals surface area (Å²) in [5, 5.41) is 3.08. The first-order chi connectivity index (χ1) is 15.3. The number of carbonyl (C=O) groups is 2. The number of benzene rings is 1. The molecule has 32 heavy (non-hydrogen) atoms. The Balaban J connectivity index is 1.52. The quantitative estimate of drug-likeness (QED) is 0.366. The number of sulfone groups is 1. The van der Waals surface area contributed by atoms with Gasteiger partial charge in [-0.15, -0.1) is 23.1 Å². The summed E-state index contributed by atoms with van der Waals surface area (Å²) in [6.45, 7) is 4.06. The number of amides is 1. The highest BCUT2D eigenvalue weighted by Crippen LogP contribution is 2.24. The van der Waals surface area contributed by atoms with Crippen LogP contribution in [0.3, 0.4) is 0 Å². The van der Waals surface area contributed by atoms with Crippen molar-refractivity contribution in [3.05, 3.63) is 45.9 Å². The van der Waals surface area contributed by atoms with Crippen LogP contribution in [0.1, 0.15) is 47.2 Å². The number of unbranched alkanes of at least 4 members (excludes halogenated alkanes) is 1. The van der Waals surface area contributed by atoms with Crippen molar-refractivity contribution in [1.29, 1.82) is 0 Å². The van der Waals surface area contributed by atoms with E-state index in [1.165, 1.54) is 0 Å². The SMILES string of the molecule is CCCCN(C(=O)COC(=O)c1ccc(SCc2csc(C)n2)cc1)C1CCS(=O)(=O)C1. The predicted octanol–water partition coefficient (Wildman–Crippen LogP) is 3.72. The number of hydrogen-bond donors (Lipinski definition) is 0. The number of esters is 1. The average Bonchev–Trinajstić information content (AvgIpc) is 3.35. The third kappa shape index (κ3) is 7.05. The van der Waals surface area contributed by atoms with E-state index in [1.807, 2.05) is 31.4 Å². The Kier molecular flexibility index (Phi) is 8.72. The normalized spacial score (nSPS) is 17.2. The van der Waals surface area contributed by atoms with E-state index in [0.717, 1.165) is 34.2 Å². The number of carbonyl (C=O) groups excluding carboxylic acids is 2. The molecule has 0 bridgehead atoms. The number of nitrogens with zero attached hydrogens (tertiary/aromatic N) is 2. The lowest BCUT2D eigenvalue weighted by Gasteiger charge is -2.28. The molecule has 0 aliphatic carbocycles. The molecule has 174 valence electrons. The van der Waals surface area contributed by atoms with E-state index in [2.05, 4.69) is 4.98 Å². The van der Waals surface area contributed by atoms with Gasteiger partial charge in [-0.05, 0) is 44.0 Å². The van der Waals surface area contributed by atoms with Crippen LogP contribution in [0.5, 0.6) is 0 Å². The van der Waals surface area contributed by atoms with Gasteiger partial charge in [-0.1, -0.05) is 13.3 Å². The summed E-state index contributed by atoms with van der Waals surface area (Å²) in [5.41, 5.74) is 1.40. The van der Waals surface area contributed by atoms with Crippen LogP contribution in [0.2, 0.25) is 0 Å². The Labute approximate surface area is 197 Å². The maximum Gasteiger partial charge on any atom is 0.338 e. The molecule has 1 amide bonds. The van der Waals surface area contributed by atoms with Crippen molar-refractivity contribution in [2.24, 2.45) is 0 Å². The number of thiazole rings is 1. The molecular formula is C22H28N2O5S3. The number of ether oxygens (including phenoxy) is 1. The summed E-state index contributed by atoms with van der Waals surface area (Å²) in [5.74, 6) is -0.0812. The fraction of sp³-hybridized carbons (Fsp3) is 0.500. The monoisotopic (exact) mass is 496 g/mol. The van der Waals surface area contributed by atoms with Crippen LogP contribution < -0.4 is 0 Å². The molecule has 1 aromatic carbocycles. The summed E-state index contributed by atoms with van der Waals surface area (Å²) in [6.07, 6.45) is 2.09. The van der Waals surface area contributed by atoms with Crippen LogP contribution in [0.25, 0.3) is 0 Å². The molecule has 0 radical (unpaired) electrons. The number of rotatable bonds is 10. The fourth-order valence-corrected chi connectivity index (χ4v) is 6.71. The molecule has 1 aliphatic heterocycles. The zero-order valence-corrected chi connectivity index (χ0v) is 20.7. The summed E-state index contributed by atoms with van der Waals surface area (Å²) in [6, 6.07) is 6.72. The minimum atomic E-state index is -3.11. The zero-order chi connectivity index (χ0) is 23.1. The molecule has 2 heterocycles. The minimum absolute atomic E-state index is 0.0179. The molecule has 10 heteroatoms. The van der Waals surface area contributed by atoms with Crippen LogP contribution in [-0.4, -0.2) is 60.9 Å². The lowest BCUT2D eigenvalue weighted by atomic mass is 10.2. The highest BCUT2D eigenvalue weighted by molar-refractivity contribution is 7.98. The van der Waals surface area contributed by atoms with Gasteiger partial charge in [0.1, 0.15) is 0 Å². The Morgan fingerprint density at radius 1 is 1.28 bits per heavy atom. The first-order valence-corrected chi connectivity index (χ1v) is 14.3. The first-order valence-electron chi connectivity index (χ1n) is 10.6. The Morgan fingerprint density at radius 3 is 2.62 bits per heavy atom. The molecule has 7 nitrogen and oxygen atoms in total. The largest absolute Gasteiger partial charge is 0.452 e. The van der Waals surface area contributed by atoms with E-state index in [1.54, 1.807) is 40.1 Å². The number of hydrogen-bond acceptors (Lipinski definition) is 8. The Hall–Kier alpha value is -1.91. The molecule has 1 unspecified atom stereocenters. The van der Waals surface area contributed by atoms with Gasteiger partial charge in [-0.25, -0.2) is 18.2 Å². The molecule has 1 aliphatic rings. The third-order valence-electron chi connectivity index (χ3n) is 5.19. The topological polar surface area (TPSA) is 93.6 Å². The van der Waals surface area contributed by atoms with Gasteiger partial charge in [-0.3, -0.25) is 4.79 Å². The zero-order valence-electron chi connectivity index (χ0n) is 18.3. The van der Waals surface area contributed by atoms with Gasteiger partial charge in [0.05, 0.1) is 27.8 Å². The molecule has 1 atom stereocenters. The van der Waals surface area contributed by atoms with Gasteiger partial charge in [-0.2, -0.15) is 0 Å². The second kappa shape index (κ2) is 11.3.